The Morgan fingerprint density at radius 2 is 2.04 bits per heavy atom. The normalized spacial score (nSPS) is 12.0. The van der Waals surface area contributed by atoms with Gasteiger partial charge in [0.05, 0.1) is 7.11 Å². The van der Waals surface area contributed by atoms with Crippen molar-refractivity contribution in [1.82, 2.24) is 15.5 Å². The molecule has 8 heteroatoms. The van der Waals surface area contributed by atoms with Crippen molar-refractivity contribution >= 4 is 5.91 Å². The van der Waals surface area contributed by atoms with Crippen molar-refractivity contribution in [2.45, 2.75) is 6.54 Å². The molecule has 0 unspecified atom stereocenters. The largest absolute Gasteiger partial charge is 0.496 e. The van der Waals surface area contributed by atoms with Crippen LogP contribution < -0.4 is 19.5 Å². The standard InChI is InChI=1S/C18H15N3O5/c1-23-13-5-3-2-4-12(13)9-19-17(22)16-20-18(26-21-16)11-6-7-14-15(8-11)25-10-24-14/h2-8H,9-10H2,1H3,(H,19,22). The van der Waals surface area contributed by atoms with Crippen molar-refractivity contribution < 1.29 is 23.5 Å². The number of ether oxygens (including phenoxy) is 3. The van der Waals surface area contributed by atoms with Crippen LogP contribution in [0.2, 0.25) is 0 Å². The molecule has 2 heterocycles. The number of nitrogens with one attached hydrogen (secondary N) is 1. The first kappa shape index (κ1) is 15.9. The molecule has 8 nitrogen and oxygen atoms in total. The van der Waals surface area contributed by atoms with Crippen LogP contribution in [0.5, 0.6) is 17.2 Å². The molecular formula is C18H15N3O5. The summed E-state index contributed by atoms with van der Waals surface area (Å²) in [5.74, 6) is 1.69. The van der Waals surface area contributed by atoms with Gasteiger partial charge in [-0.3, -0.25) is 4.79 Å². The van der Waals surface area contributed by atoms with Crippen molar-refractivity contribution in [3.63, 3.8) is 0 Å². The zero-order valence-electron chi connectivity index (χ0n) is 13.9. The van der Waals surface area contributed by atoms with Gasteiger partial charge in [0.1, 0.15) is 5.75 Å². The van der Waals surface area contributed by atoms with E-state index < -0.39 is 5.91 Å². The average Bonchev–Trinajstić information content (AvgIpc) is 3.35. The van der Waals surface area contributed by atoms with Crippen molar-refractivity contribution in [3.05, 3.63) is 53.9 Å². The van der Waals surface area contributed by atoms with Gasteiger partial charge in [-0.1, -0.05) is 23.4 Å². The van der Waals surface area contributed by atoms with Crippen molar-refractivity contribution in [3.8, 4) is 28.7 Å². The van der Waals surface area contributed by atoms with E-state index in [0.717, 1.165) is 5.56 Å². The minimum absolute atomic E-state index is 0.0486. The van der Waals surface area contributed by atoms with E-state index in [0.29, 0.717) is 22.8 Å². The Labute approximate surface area is 148 Å². The number of para-hydroxylation sites is 1. The molecule has 1 aliphatic heterocycles. The summed E-state index contributed by atoms with van der Waals surface area (Å²) in [6.07, 6.45) is 0. The Kier molecular flexibility index (Phi) is 4.14. The lowest BCUT2D eigenvalue weighted by molar-refractivity contribution is 0.0937. The third kappa shape index (κ3) is 3.04. The summed E-state index contributed by atoms with van der Waals surface area (Å²) >= 11 is 0. The molecule has 0 aliphatic carbocycles. The summed E-state index contributed by atoms with van der Waals surface area (Å²) in [5.41, 5.74) is 1.49. The Morgan fingerprint density at radius 1 is 1.19 bits per heavy atom. The van der Waals surface area contributed by atoms with E-state index in [1.807, 2.05) is 24.3 Å². The maximum atomic E-state index is 12.3. The molecule has 0 saturated heterocycles. The van der Waals surface area contributed by atoms with E-state index in [4.69, 9.17) is 18.7 Å². The summed E-state index contributed by atoms with van der Waals surface area (Å²) in [7, 11) is 1.58. The van der Waals surface area contributed by atoms with Gasteiger partial charge in [0.15, 0.2) is 11.5 Å². The van der Waals surface area contributed by atoms with Gasteiger partial charge in [0, 0.05) is 17.7 Å². The molecule has 1 N–H and O–H groups in total. The predicted octanol–water partition coefficient (Wildman–Crippen LogP) is 2.40. The van der Waals surface area contributed by atoms with Crippen molar-refractivity contribution in [1.29, 1.82) is 0 Å². The Bertz CT molecular complexity index is 954. The first-order chi connectivity index (χ1) is 12.7. The lowest BCUT2D eigenvalue weighted by Crippen LogP contribution is -2.24. The van der Waals surface area contributed by atoms with E-state index in [-0.39, 0.29) is 25.1 Å². The third-order valence-corrected chi connectivity index (χ3v) is 3.88. The summed E-state index contributed by atoms with van der Waals surface area (Å²) in [4.78, 5) is 16.4. The van der Waals surface area contributed by atoms with Crippen LogP contribution in [0.4, 0.5) is 0 Å². The molecule has 26 heavy (non-hydrogen) atoms. The highest BCUT2D eigenvalue weighted by Gasteiger charge is 2.19. The maximum Gasteiger partial charge on any atom is 0.292 e. The third-order valence-electron chi connectivity index (χ3n) is 3.88. The summed E-state index contributed by atoms with van der Waals surface area (Å²) < 4.78 is 21.0. The van der Waals surface area contributed by atoms with Gasteiger partial charge in [-0.2, -0.15) is 4.98 Å². The molecule has 1 aliphatic rings. The first-order valence-electron chi connectivity index (χ1n) is 7.88. The second-order valence-electron chi connectivity index (χ2n) is 5.49. The smallest absolute Gasteiger partial charge is 0.292 e. The highest BCUT2D eigenvalue weighted by Crippen LogP contribution is 2.35. The van der Waals surface area contributed by atoms with Gasteiger partial charge in [0.25, 0.3) is 17.6 Å². The zero-order chi connectivity index (χ0) is 17.9. The second-order valence-corrected chi connectivity index (χ2v) is 5.49. The molecule has 0 fully saturated rings. The number of methoxy groups -OCH3 is 1. The Hall–Kier alpha value is -3.55. The van der Waals surface area contributed by atoms with Gasteiger partial charge in [0.2, 0.25) is 6.79 Å². The van der Waals surface area contributed by atoms with E-state index in [1.165, 1.54) is 0 Å². The predicted molar refractivity (Wildman–Crippen MR) is 90.0 cm³/mol. The Balaban J connectivity index is 1.46. The minimum atomic E-state index is -0.438. The lowest BCUT2D eigenvalue weighted by Gasteiger charge is -2.08. The number of benzene rings is 2. The molecule has 1 aromatic heterocycles. The number of aromatic nitrogens is 2. The molecule has 132 valence electrons. The summed E-state index contributed by atoms with van der Waals surface area (Å²) in [6, 6.07) is 12.7. The van der Waals surface area contributed by atoms with Crippen molar-refractivity contribution in [2.75, 3.05) is 13.9 Å². The van der Waals surface area contributed by atoms with Crippen LogP contribution >= 0.6 is 0 Å². The molecule has 3 aromatic rings. The molecule has 1 amide bonds. The minimum Gasteiger partial charge on any atom is -0.496 e. The molecule has 0 radical (unpaired) electrons. The van der Waals surface area contributed by atoms with E-state index >= 15 is 0 Å². The number of carbonyl (C=O) groups excluding carboxylic acids is 1. The first-order valence-corrected chi connectivity index (χ1v) is 7.88. The average molecular weight is 353 g/mol. The van der Waals surface area contributed by atoms with Crippen LogP contribution in [0, 0.1) is 0 Å². The van der Waals surface area contributed by atoms with Crippen LogP contribution in [0.3, 0.4) is 0 Å². The van der Waals surface area contributed by atoms with Gasteiger partial charge in [-0.15, -0.1) is 0 Å². The molecule has 0 bridgehead atoms. The number of rotatable bonds is 5. The summed E-state index contributed by atoms with van der Waals surface area (Å²) in [5, 5.41) is 6.49. The van der Waals surface area contributed by atoms with Gasteiger partial charge < -0.3 is 24.1 Å². The van der Waals surface area contributed by atoms with E-state index in [1.54, 1.807) is 25.3 Å². The fourth-order valence-electron chi connectivity index (χ4n) is 2.57. The number of hydrogen-bond acceptors (Lipinski definition) is 7. The van der Waals surface area contributed by atoms with Crippen LogP contribution in [0.1, 0.15) is 16.2 Å². The molecule has 0 saturated carbocycles. The fourth-order valence-corrected chi connectivity index (χ4v) is 2.57. The fraction of sp³-hybridized carbons (Fsp3) is 0.167. The van der Waals surface area contributed by atoms with Crippen LogP contribution in [-0.4, -0.2) is 30.0 Å². The number of nitrogens with zero attached hydrogens (tertiary/aromatic N) is 2. The van der Waals surface area contributed by atoms with Gasteiger partial charge in [-0.05, 0) is 24.3 Å². The highest BCUT2D eigenvalue weighted by molar-refractivity contribution is 5.90. The quantitative estimate of drug-likeness (QED) is 0.752. The molecule has 4 rings (SSSR count). The SMILES string of the molecule is COc1ccccc1CNC(=O)c1noc(-c2ccc3c(c2)OCO3)n1. The van der Waals surface area contributed by atoms with Gasteiger partial charge in [-0.25, -0.2) is 0 Å². The van der Waals surface area contributed by atoms with Crippen LogP contribution in [0.15, 0.2) is 47.0 Å². The van der Waals surface area contributed by atoms with Crippen molar-refractivity contribution in [2.24, 2.45) is 0 Å². The monoisotopic (exact) mass is 353 g/mol. The van der Waals surface area contributed by atoms with Crippen LogP contribution in [0.25, 0.3) is 11.5 Å². The molecular weight excluding hydrogens is 338 g/mol. The number of hydrogen-bond donors (Lipinski definition) is 1. The number of amides is 1. The van der Waals surface area contributed by atoms with Gasteiger partial charge >= 0.3 is 0 Å². The molecule has 2 aromatic carbocycles. The topological polar surface area (TPSA) is 95.7 Å². The second kappa shape index (κ2) is 6.75. The zero-order valence-corrected chi connectivity index (χ0v) is 13.9. The maximum absolute atomic E-state index is 12.3. The van der Waals surface area contributed by atoms with E-state index in [9.17, 15) is 4.79 Å². The molecule has 0 spiro atoms. The Morgan fingerprint density at radius 3 is 2.92 bits per heavy atom. The summed E-state index contributed by atoms with van der Waals surface area (Å²) in [6.45, 7) is 0.468. The van der Waals surface area contributed by atoms with E-state index in [2.05, 4.69) is 15.5 Å². The number of fused-ring (bicyclic) bond motifs is 1. The highest BCUT2D eigenvalue weighted by atomic mass is 16.7. The van der Waals surface area contributed by atoms with Crippen LogP contribution in [-0.2, 0) is 6.54 Å². The lowest BCUT2D eigenvalue weighted by atomic mass is 10.2. The number of carbonyl (C=O) groups is 1. The molecule has 0 atom stereocenters.